The van der Waals surface area contributed by atoms with Crippen LogP contribution in [-0.2, 0) is 0 Å². The number of halogens is 3. The standard InChI is InChI=1S/C11H12F3NO/c1-2-3-7-15-9-5-4-6-10(8-9)16-11(12,13)14/h2,4-6,8,15H,1,3,7H2. The summed E-state index contributed by atoms with van der Waals surface area (Å²) < 4.78 is 39.6. The molecule has 0 amide bonds. The van der Waals surface area contributed by atoms with Gasteiger partial charge in [-0.15, -0.1) is 19.8 Å². The minimum absolute atomic E-state index is 0.226. The first-order valence-corrected chi connectivity index (χ1v) is 4.72. The minimum Gasteiger partial charge on any atom is -0.406 e. The Kier molecular flexibility index (Phi) is 4.22. The summed E-state index contributed by atoms with van der Waals surface area (Å²) in [5, 5.41) is 2.95. The van der Waals surface area contributed by atoms with E-state index in [4.69, 9.17) is 0 Å². The van der Waals surface area contributed by atoms with Gasteiger partial charge in [0.2, 0.25) is 0 Å². The predicted molar refractivity (Wildman–Crippen MR) is 56.4 cm³/mol. The molecule has 0 saturated carbocycles. The van der Waals surface area contributed by atoms with Crippen molar-refractivity contribution < 1.29 is 17.9 Å². The molecule has 88 valence electrons. The number of rotatable bonds is 5. The van der Waals surface area contributed by atoms with Gasteiger partial charge in [0.1, 0.15) is 5.75 Å². The molecule has 0 fully saturated rings. The van der Waals surface area contributed by atoms with Crippen molar-refractivity contribution in [3.05, 3.63) is 36.9 Å². The second kappa shape index (κ2) is 5.44. The van der Waals surface area contributed by atoms with E-state index in [1.807, 2.05) is 0 Å². The monoisotopic (exact) mass is 231 g/mol. The van der Waals surface area contributed by atoms with Gasteiger partial charge in [-0.25, -0.2) is 0 Å². The molecule has 16 heavy (non-hydrogen) atoms. The summed E-state index contributed by atoms with van der Waals surface area (Å²) in [7, 11) is 0. The maximum Gasteiger partial charge on any atom is 0.573 e. The average molecular weight is 231 g/mol. The van der Waals surface area contributed by atoms with E-state index in [1.165, 1.54) is 18.2 Å². The molecule has 2 nitrogen and oxygen atoms in total. The molecular weight excluding hydrogens is 219 g/mol. The van der Waals surface area contributed by atoms with Gasteiger partial charge in [-0.2, -0.15) is 0 Å². The van der Waals surface area contributed by atoms with E-state index in [2.05, 4.69) is 16.6 Å². The molecule has 0 aliphatic rings. The van der Waals surface area contributed by atoms with Gasteiger partial charge in [0.25, 0.3) is 0 Å². The van der Waals surface area contributed by atoms with Gasteiger partial charge in [-0.1, -0.05) is 12.1 Å². The highest BCUT2D eigenvalue weighted by molar-refractivity contribution is 5.48. The number of ether oxygens (including phenoxy) is 1. The van der Waals surface area contributed by atoms with Gasteiger partial charge in [-0.3, -0.25) is 0 Å². The molecule has 0 saturated heterocycles. The third-order valence-electron chi connectivity index (χ3n) is 1.75. The number of hydrogen-bond acceptors (Lipinski definition) is 2. The Morgan fingerprint density at radius 2 is 2.12 bits per heavy atom. The van der Waals surface area contributed by atoms with Crippen LogP contribution in [0.1, 0.15) is 6.42 Å². The highest BCUT2D eigenvalue weighted by Crippen LogP contribution is 2.24. The maximum absolute atomic E-state index is 11.9. The van der Waals surface area contributed by atoms with E-state index in [1.54, 1.807) is 12.1 Å². The third kappa shape index (κ3) is 4.72. The molecule has 0 heterocycles. The Morgan fingerprint density at radius 3 is 2.75 bits per heavy atom. The zero-order chi connectivity index (χ0) is 12.0. The van der Waals surface area contributed by atoms with Crippen molar-refractivity contribution in [1.29, 1.82) is 0 Å². The fourth-order valence-corrected chi connectivity index (χ4v) is 1.12. The molecule has 0 atom stereocenters. The Bertz CT molecular complexity index is 349. The van der Waals surface area contributed by atoms with Crippen LogP contribution in [0.15, 0.2) is 36.9 Å². The van der Waals surface area contributed by atoms with Crippen molar-refractivity contribution in [2.75, 3.05) is 11.9 Å². The molecule has 1 N–H and O–H groups in total. The molecule has 0 spiro atoms. The van der Waals surface area contributed by atoms with Crippen molar-refractivity contribution in [3.63, 3.8) is 0 Å². The van der Waals surface area contributed by atoms with Gasteiger partial charge >= 0.3 is 6.36 Å². The van der Waals surface area contributed by atoms with E-state index in [9.17, 15) is 13.2 Å². The third-order valence-corrected chi connectivity index (χ3v) is 1.75. The van der Waals surface area contributed by atoms with Crippen LogP contribution in [0.3, 0.4) is 0 Å². The fraction of sp³-hybridized carbons (Fsp3) is 0.273. The second-order valence-electron chi connectivity index (χ2n) is 3.08. The van der Waals surface area contributed by atoms with E-state index in [-0.39, 0.29) is 5.75 Å². The Balaban J connectivity index is 2.60. The summed E-state index contributed by atoms with van der Waals surface area (Å²) in [6.07, 6.45) is -2.19. The van der Waals surface area contributed by atoms with Gasteiger partial charge < -0.3 is 10.1 Å². The van der Waals surface area contributed by atoms with Crippen LogP contribution in [0.25, 0.3) is 0 Å². The lowest BCUT2D eigenvalue weighted by Crippen LogP contribution is -2.17. The first-order valence-electron chi connectivity index (χ1n) is 4.72. The molecule has 5 heteroatoms. The molecule has 1 aromatic carbocycles. The lowest BCUT2D eigenvalue weighted by molar-refractivity contribution is -0.274. The molecule has 0 aromatic heterocycles. The quantitative estimate of drug-likeness (QED) is 0.617. The zero-order valence-electron chi connectivity index (χ0n) is 8.55. The zero-order valence-corrected chi connectivity index (χ0v) is 8.55. The van der Waals surface area contributed by atoms with Gasteiger partial charge in [-0.05, 0) is 18.6 Å². The maximum atomic E-state index is 11.9. The fourth-order valence-electron chi connectivity index (χ4n) is 1.12. The van der Waals surface area contributed by atoms with E-state index < -0.39 is 6.36 Å². The number of anilines is 1. The van der Waals surface area contributed by atoms with E-state index in [0.717, 1.165) is 6.42 Å². The van der Waals surface area contributed by atoms with Crippen LogP contribution in [0.2, 0.25) is 0 Å². The van der Waals surface area contributed by atoms with Crippen LogP contribution in [0.5, 0.6) is 5.75 Å². The van der Waals surface area contributed by atoms with Crippen molar-refractivity contribution in [1.82, 2.24) is 0 Å². The second-order valence-corrected chi connectivity index (χ2v) is 3.08. The number of benzene rings is 1. The summed E-state index contributed by atoms with van der Waals surface area (Å²) in [6.45, 7) is 4.17. The van der Waals surface area contributed by atoms with Crippen LogP contribution < -0.4 is 10.1 Å². The molecule has 0 radical (unpaired) electrons. The van der Waals surface area contributed by atoms with Crippen molar-refractivity contribution in [3.8, 4) is 5.75 Å². The molecular formula is C11H12F3NO. The van der Waals surface area contributed by atoms with Crippen molar-refractivity contribution in [2.45, 2.75) is 12.8 Å². The normalized spacial score (nSPS) is 10.9. The molecule has 1 aromatic rings. The first kappa shape index (κ1) is 12.4. The number of hydrogen-bond donors (Lipinski definition) is 1. The van der Waals surface area contributed by atoms with Crippen molar-refractivity contribution >= 4 is 5.69 Å². The Morgan fingerprint density at radius 1 is 1.38 bits per heavy atom. The Labute approximate surface area is 91.7 Å². The SMILES string of the molecule is C=CCCNc1cccc(OC(F)(F)F)c1. The molecule has 0 aliphatic heterocycles. The van der Waals surface area contributed by atoms with Crippen LogP contribution in [0.4, 0.5) is 18.9 Å². The average Bonchev–Trinajstić information content (AvgIpc) is 2.16. The van der Waals surface area contributed by atoms with E-state index in [0.29, 0.717) is 12.2 Å². The summed E-state index contributed by atoms with van der Waals surface area (Å²) in [5.74, 6) is -0.226. The van der Waals surface area contributed by atoms with Gasteiger partial charge in [0.05, 0.1) is 0 Å². The summed E-state index contributed by atoms with van der Waals surface area (Å²) in [5.41, 5.74) is 0.587. The highest BCUT2D eigenvalue weighted by Gasteiger charge is 2.31. The highest BCUT2D eigenvalue weighted by atomic mass is 19.4. The van der Waals surface area contributed by atoms with Crippen molar-refractivity contribution in [2.24, 2.45) is 0 Å². The summed E-state index contributed by atoms with van der Waals surface area (Å²) >= 11 is 0. The summed E-state index contributed by atoms with van der Waals surface area (Å²) in [4.78, 5) is 0. The number of alkyl halides is 3. The molecule has 1 rings (SSSR count). The largest absolute Gasteiger partial charge is 0.573 e. The lowest BCUT2D eigenvalue weighted by atomic mass is 10.3. The predicted octanol–water partition coefficient (Wildman–Crippen LogP) is 3.57. The van der Waals surface area contributed by atoms with Crippen LogP contribution >= 0.6 is 0 Å². The smallest absolute Gasteiger partial charge is 0.406 e. The van der Waals surface area contributed by atoms with Gasteiger partial charge in [0, 0.05) is 18.3 Å². The number of nitrogens with one attached hydrogen (secondary N) is 1. The molecule has 0 bridgehead atoms. The molecule has 0 unspecified atom stereocenters. The minimum atomic E-state index is -4.65. The van der Waals surface area contributed by atoms with E-state index >= 15 is 0 Å². The molecule has 0 aliphatic carbocycles. The topological polar surface area (TPSA) is 21.3 Å². The Hall–Kier alpha value is -1.65. The first-order chi connectivity index (χ1) is 7.51. The van der Waals surface area contributed by atoms with Gasteiger partial charge in [0.15, 0.2) is 0 Å². The lowest BCUT2D eigenvalue weighted by Gasteiger charge is -2.10. The van der Waals surface area contributed by atoms with Crippen LogP contribution in [0, 0.1) is 0 Å². The van der Waals surface area contributed by atoms with Crippen LogP contribution in [-0.4, -0.2) is 12.9 Å². The summed E-state index contributed by atoms with van der Waals surface area (Å²) in [6, 6.07) is 5.73.